The second-order valence-corrected chi connectivity index (χ2v) is 8.97. The van der Waals surface area contributed by atoms with Crippen LogP contribution >= 0.6 is 0 Å². The van der Waals surface area contributed by atoms with Gasteiger partial charge in [0.25, 0.3) is 5.56 Å². The van der Waals surface area contributed by atoms with Gasteiger partial charge in [-0.2, -0.15) is 22.0 Å². The number of aliphatic imine (C=N–C) groups is 2. The summed E-state index contributed by atoms with van der Waals surface area (Å²) in [6.45, 7) is 2.71. The summed E-state index contributed by atoms with van der Waals surface area (Å²) < 4.78 is 74.2. The first-order valence-corrected chi connectivity index (χ1v) is 12.8. The molecule has 1 heterocycles. The molecular weight excluding hydrogens is 545 g/mol. The van der Waals surface area contributed by atoms with Crippen LogP contribution in [-0.4, -0.2) is 36.4 Å². The van der Waals surface area contributed by atoms with Gasteiger partial charge in [-0.3, -0.25) is 14.4 Å². The third kappa shape index (κ3) is 8.60. The number of pyridine rings is 1. The fourth-order valence-electron chi connectivity index (χ4n) is 3.92. The molecule has 0 saturated heterocycles. The summed E-state index contributed by atoms with van der Waals surface area (Å²) in [7, 11) is 0. The fraction of sp³-hybridized carbons (Fsp3) is 0.300. The Hall–Kier alpha value is -4.28. The Morgan fingerprint density at radius 3 is 2.34 bits per heavy atom. The third-order valence-electron chi connectivity index (χ3n) is 5.84. The lowest BCUT2D eigenvalue weighted by atomic mass is 9.98. The Morgan fingerprint density at radius 1 is 1.05 bits per heavy atom. The van der Waals surface area contributed by atoms with E-state index >= 15 is 0 Å². The standard InChI is InChI=1S/C30H30F5N3O3/c1-5-7-26(40-18-30(33,34)35)37-16-22-17-38(23-10-13-25(19(3)15-23)36-14-6-2)28(39)27(20(22)4)21-8-11-24(12-9-21)41-29(31)32/h7-17,29H,5-6,18H2,1-4H3/b26-7-,36-14?,37-16?. The zero-order valence-corrected chi connectivity index (χ0v) is 23.0. The fourth-order valence-corrected chi connectivity index (χ4v) is 3.92. The van der Waals surface area contributed by atoms with Gasteiger partial charge in [-0.25, -0.2) is 4.99 Å². The lowest BCUT2D eigenvalue weighted by Crippen LogP contribution is -2.22. The van der Waals surface area contributed by atoms with Crippen molar-refractivity contribution in [3.63, 3.8) is 0 Å². The Kier molecular flexibility index (Phi) is 10.6. The van der Waals surface area contributed by atoms with Gasteiger partial charge in [-0.15, -0.1) is 0 Å². The number of halogens is 5. The van der Waals surface area contributed by atoms with Gasteiger partial charge < -0.3 is 9.47 Å². The number of alkyl halides is 5. The van der Waals surface area contributed by atoms with Crippen LogP contribution < -0.4 is 10.3 Å². The van der Waals surface area contributed by atoms with Crippen LogP contribution in [0.3, 0.4) is 0 Å². The molecular formula is C30H30F5N3O3. The molecule has 11 heteroatoms. The zero-order valence-electron chi connectivity index (χ0n) is 23.0. The Balaban J connectivity index is 2.18. The molecule has 1 aromatic heterocycles. The minimum absolute atomic E-state index is 0.0746. The normalized spacial score (nSPS) is 12.6. The van der Waals surface area contributed by atoms with E-state index in [2.05, 4.69) is 14.7 Å². The highest BCUT2D eigenvalue weighted by atomic mass is 19.4. The number of benzene rings is 2. The summed E-state index contributed by atoms with van der Waals surface area (Å²) in [4.78, 5) is 22.3. The molecule has 0 atom stereocenters. The molecule has 0 fully saturated rings. The smallest absolute Gasteiger partial charge is 0.422 e. The van der Waals surface area contributed by atoms with Crippen LogP contribution in [0.1, 0.15) is 43.4 Å². The molecule has 0 N–H and O–H groups in total. The molecule has 0 spiro atoms. The average Bonchev–Trinajstić information content (AvgIpc) is 2.90. The monoisotopic (exact) mass is 575 g/mol. The van der Waals surface area contributed by atoms with E-state index in [1.807, 2.05) is 13.8 Å². The number of rotatable bonds is 11. The minimum atomic E-state index is -4.54. The maximum atomic E-state index is 13.8. The molecule has 218 valence electrons. The van der Waals surface area contributed by atoms with Crippen molar-refractivity contribution in [2.24, 2.45) is 9.98 Å². The first kappa shape index (κ1) is 31.3. The highest BCUT2D eigenvalue weighted by Gasteiger charge is 2.28. The van der Waals surface area contributed by atoms with Gasteiger partial charge >= 0.3 is 12.8 Å². The van der Waals surface area contributed by atoms with Gasteiger partial charge in [0, 0.05) is 29.9 Å². The molecule has 0 saturated carbocycles. The quantitative estimate of drug-likeness (QED) is 0.132. The number of ether oxygens (including phenoxy) is 2. The van der Waals surface area contributed by atoms with Crippen molar-refractivity contribution in [2.45, 2.75) is 53.3 Å². The highest BCUT2D eigenvalue weighted by molar-refractivity contribution is 5.86. The van der Waals surface area contributed by atoms with Crippen molar-refractivity contribution < 1.29 is 31.4 Å². The van der Waals surface area contributed by atoms with E-state index in [0.717, 1.165) is 17.7 Å². The lowest BCUT2D eigenvalue weighted by molar-refractivity contribution is -0.165. The molecule has 3 rings (SSSR count). The molecule has 6 nitrogen and oxygen atoms in total. The van der Waals surface area contributed by atoms with Crippen LogP contribution in [0, 0.1) is 13.8 Å². The highest BCUT2D eigenvalue weighted by Crippen LogP contribution is 2.27. The van der Waals surface area contributed by atoms with Crippen LogP contribution in [0.5, 0.6) is 5.75 Å². The zero-order chi connectivity index (χ0) is 30.2. The molecule has 41 heavy (non-hydrogen) atoms. The number of hydrogen-bond acceptors (Lipinski definition) is 5. The number of nitrogens with zero attached hydrogens (tertiary/aromatic N) is 3. The molecule has 0 aliphatic heterocycles. The SMILES string of the molecule is CCC=Nc1ccc(-n2cc(C=N/C(=C/CC)OCC(F)(F)F)c(C)c(-c3ccc(OC(F)F)cc3)c2=O)cc1C. The van der Waals surface area contributed by atoms with E-state index in [4.69, 9.17) is 4.74 Å². The van der Waals surface area contributed by atoms with Crippen LogP contribution in [0.4, 0.5) is 27.6 Å². The van der Waals surface area contributed by atoms with Crippen LogP contribution in [0.25, 0.3) is 16.8 Å². The van der Waals surface area contributed by atoms with E-state index in [0.29, 0.717) is 28.8 Å². The maximum Gasteiger partial charge on any atom is 0.422 e. The summed E-state index contributed by atoms with van der Waals surface area (Å²) in [6.07, 6.45) is 2.65. The summed E-state index contributed by atoms with van der Waals surface area (Å²) in [5.41, 5.74) is 3.26. The second-order valence-electron chi connectivity index (χ2n) is 8.97. The number of aromatic nitrogens is 1. The van der Waals surface area contributed by atoms with Gasteiger partial charge in [-0.1, -0.05) is 26.0 Å². The molecule has 3 aromatic rings. The number of aryl methyl sites for hydroxylation is 1. The van der Waals surface area contributed by atoms with E-state index in [1.165, 1.54) is 47.3 Å². The molecule has 2 aromatic carbocycles. The Bertz CT molecular complexity index is 1490. The van der Waals surface area contributed by atoms with Crippen molar-refractivity contribution in [1.82, 2.24) is 4.57 Å². The van der Waals surface area contributed by atoms with Gasteiger partial charge in [-0.05, 0) is 79.8 Å². The van der Waals surface area contributed by atoms with Gasteiger partial charge in [0.15, 0.2) is 6.61 Å². The first-order chi connectivity index (χ1) is 19.4. The molecule has 0 bridgehead atoms. The minimum Gasteiger partial charge on any atom is -0.468 e. The molecule has 0 unspecified atom stereocenters. The molecule has 0 aliphatic rings. The number of hydrogen-bond donors (Lipinski definition) is 0. The van der Waals surface area contributed by atoms with Gasteiger partial charge in [0.05, 0.1) is 11.3 Å². The molecule has 0 aliphatic carbocycles. The molecule has 0 amide bonds. The predicted octanol–water partition coefficient (Wildman–Crippen LogP) is 8.08. The lowest BCUT2D eigenvalue weighted by Gasteiger charge is -2.16. The van der Waals surface area contributed by atoms with Crippen LogP contribution in [0.2, 0.25) is 0 Å². The van der Waals surface area contributed by atoms with Crippen LogP contribution in [-0.2, 0) is 4.74 Å². The van der Waals surface area contributed by atoms with E-state index in [-0.39, 0.29) is 17.2 Å². The van der Waals surface area contributed by atoms with Crippen LogP contribution in [0.15, 0.2) is 75.4 Å². The van der Waals surface area contributed by atoms with Crippen molar-refractivity contribution in [2.75, 3.05) is 6.61 Å². The largest absolute Gasteiger partial charge is 0.468 e. The maximum absolute atomic E-state index is 13.8. The second kappa shape index (κ2) is 13.9. The van der Waals surface area contributed by atoms with Crippen molar-refractivity contribution in [3.8, 4) is 22.6 Å². The van der Waals surface area contributed by atoms with Gasteiger partial charge in [0.1, 0.15) is 5.75 Å². The average molecular weight is 576 g/mol. The summed E-state index contributed by atoms with van der Waals surface area (Å²) >= 11 is 0. The summed E-state index contributed by atoms with van der Waals surface area (Å²) in [5, 5.41) is 0. The third-order valence-corrected chi connectivity index (χ3v) is 5.84. The Morgan fingerprint density at radius 2 is 1.76 bits per heavy atom. The number of allylic oxidation sites excluding steroid dienone is 1. The predicted molar refractivity (Wildman–Crippen MR) is 150 cm³/mol. The summed E-state index contributed by atoms with van der Waals surface area (Å²) in [6, 6.07) is 10.9. The van der Waals surface area contributed by atoms with Crippen molar-refractivity contribution in [3.05, 3.63) is 87.7 Å². The summed E-state index contributed by atoms with van der Waals surface area (Å²) in [5.74, 6) is -0.291. The van der Waals surface area contributed by atoms with Crippen molar-refractivity contribution >= 4 is 18.1 Å². The first-order valence-electron chi connectivity index (χ1n) is 12.8. The molecule has 0 radical (unpaired) electrons. The van der Waals surface area contributed by atoms with E-state index < -0.39 is 25.0 Å². The van der Waals surface area contributed by atoms with Crippen molar-refractivity contribution in [1.29, 1.82) is 0 Å². The van der Waals surface area contributed by atoms with E-state index in [9.17, 15) is 26.7 Å². The Labute approximate surface area is 234 Å². The van der Waals surface area contributed by atoms with Gasteiger partial charge in [0.2, 0.25) is 5.88 Å². The topological polar surface area (TPSA) is 65.2 Å². The van der Waals surface area contributed by atoms with E-state index in [1.54, 1.807) is 38.3 Å².